The maximum atomic E-state index is 10.3. The van der Waals surface area contributed by atoms with Gasteiger partial charge in [-0.25, -0.2) is 13.1 Å². The van der Waals surface area contributed by atoms with E-state index >= 15 is 0 Å². The Morgan fingerprint density at radius 2 is 2.20 bits per heavy atom. The van der Waals surface area contributed by atoms with E-state index in [4.69, 9.17) is 0 Å². The quantitative estimate of drug-likeness (QED) is 0.402. The first-order valence-electron chi connectivity index (χ1n) is 2.61. The normalized spacial score (nSPS) is 9.80. The maximum Gasteiger partial charge on any atom is 0.306 e. The Kier molecular flexibility index (Phi) is 4.87. The Labute approximate surface area is 60.5 Å². The number of hydrogen-bond donors (Lipinski definition) is 2. The van der Waals surface area contributed by atoms with Crippen LogP contribution in [0.1, 0.15) is 6.42 Å². The van der Waals surface area contributed by atoms with Gasteiger partial charge in [-0.05, 0) is 0 Å². The summed E-state index contributed by atoms with van der Waals surface area (Å²) in [4.78, 5) is 10.3. The van der Waals surface area contributed by atoms with Crippen molar-refractivity contribution < 1.29 is 17.9 Å². The zero-order valence-corrected chi connectivity index (χ0v) is 6.39. The minimum absolute atomic E-state index is 0.0693. The summed E-state index contributed by atoms with van der Waals surface area (Å²) < 4.78 is 26.0. The first-order valence-corrected chi connectivity index (χ1v) is 3.79. The standard InChI is InChI=1S/C4H9NO4S/c1-9-4(6)2-3-5-10(7)8/h10H,2-3H2,1H3,(H,5,7,8). The van der Waals surface area contributed by atoms with Crippen LogP contribution >= 0.6 is 0 Å². The van der Waals surface area contributed by atoms with Crippen LogP contribution in [0.4, 0.5) is 0 Å². The van der Waals surface area contributed by atoms with Crippen LogP contribution in [0, 0.1) is 0 Å². The molecule has 0 fully saturated rings. The second kappa shape index (κ2) is 5.19. The first-order chi connectivity index (χ1) is 4.66. The van der Waals surface area contributed by atoms with Gasteiger partial charge in [0.1, 0.15) is 0 Å². The summed E-state index contributed by atoms with van der Waals surface area (Å²) in [6.07, 6.45) is 0.0693. The molecule has 0 aliphatic rings. The molecule has 0 spiro atoms. The molecule has 0 radical (unpaired) electrons. The minimum Gasteiger partial charge on any atom is -0.469 e. The highest BCUT2D eigenvalue weighted by Crippen LogP contribution is 1.79. The maximum absolute atomic E-state index is 10.3. The van der Waals surface area contributed by atoms with Gasteiger partial charge in [-0.2, -0.15) is 0 Å². The molecule has 6 heteroatoms. The summed E-state index contributed by atoms with van der Waals surface area (Å²) in [5, 5.41) is 0. The lowest BCUT2D eigenvalue weighted by molar-refractivity contribution is -0.140. The number of carbonyl (C=O) groups excluding carboxylic acids is 1. The van der Waals surface area contributed by atoms with E-state index in [9.17, 15) is 13.2 Å². The Morgan fingerprint density at radius 1 is 1.60 bits per heavy atom. The van der Waals surface area contributed by atoms with Crippen molar-refractivity contribution in [1.29, 1.82) is 0 Å². The van der Waals surface area contributed by atoms with Crippen molar-refractivity contribution in [2.75, 3.05) is 13.7 Å². The topological polar surface area (TPSA) is 72.5 Å². The zero-order valence-electron chi connectivity index (χ0n) is 5.49. The second-order valence-electron chi connectivity index (χ2n) is 1.49. The lowest BCUT2D eigenvalue weighted by Gasteiger charge is -1.95. The molecule has 1 N–H and O–H groups in total. The van der Waals surface area contributed by atoms with Crippen LogP contribution in [-0.2, 0) is 20.4 Å². The first kappa shape index (κ1) is 9.38. The SMILES string of the molecule is COC(=O)CCN[SH](=O)=O. The van der Waals surface area contributed by atoms with Crippen molar-refractivity contribution >= 4 is 16.9 Å². The van der Waals surface area contributed by atoms with Gasteiger partial charge < -0.3 is 4.74 Å². The van der Waals surface area contributed by atoms with Gasteiger partial charge in [-0.1, -0.05) is 0 Å². The Bertz CT molecular complexity index is 168. The van der Waals surface area contributed by atoms with E-state index in [1.165, 1.54) is 7.11 Å². The third-order valence-corrected chi connectivity index (χ3v) is 1.28. The number of rotatable bonds is 4. The number of carbonyl (C=O) groups is 1. The van der Waals surface area contributed by atoms with Gasteiger partial charge in [-0.3, -0.25) is 4.79 Å². The number of methoxy groups -OCH3 is 1. The van der Waals surface area contributed by atoms with Crippen LogP contribution < -0.4 is 4.72 Å². The van der Waals surface area contributed by atoms with E-state index in [2.05, 4.69) is 9.46 Å². The molecule has 0 unspecified atom stereocenters. The summed E-state index contributed by atoms with van der Waals surface area (Å²) in [7, 11) is -1.34. The number of nitrogens with one attached hydrogen (secondary N) is 1. The molecule has 0 aromatic rings. The van der Waals surface area contributed by atoms with Crippen molar-refractivity contribution in [3.8, 4) is 0 Å². The van der Waals surface area contributed by atoms with Crippen molar-refractivity contribution in [2.45, 2.75) is 6.42 Å². The Balaban J connectivity index is 3.28. The van der Waals surface area contributed by atoms with E-state index in [1.54, 1.807) is 0 Å². The molecule has 0 aromatic carbocycles. The van der Waals surface area contributed by atoms with Gasteiger partial charge in [0, 0.05) is 6.54 Å². The number of ether oxygens (including phenoxy) is 1. The molecular weight excluding hydrogens is 158 g/mol. The molecule has 0 saturated heterocycles. The molecule has 0 heterocycles. The highest BCUT2D eigenvalue weighted by Gasteiger charge is 1.97. The van der Waals surface area contributed by atoms with Crippen LogP contribution in [0.2, 0.25) is 0 Å². The third kappa shape index (κ3) is 5.52. The van der Waals surface area contributed by atoms with Crippen molar-refractivity contribution in [3.63, 3.8) is 0 Å². The van der Waals surface area contributed by atoms with Gasteiger partial charge in [0.2, 0.25) is 10.9 Å². The highest BCUT2D eigenvalue weighted by molar-refractivity contribution is 7.70. The second-order valence-corrected chi connectivity index (χ2v) is 2.32. The fraction of sp³-hybridized carbons (Fsp3) is 0.750. The molecule has 0 rings (SSSR count). The van der Waals surface area contributed by atoms with Crippen LogP contribution in [0.5, 0.6) is 0 Å². The molecule has 0 atom stereocenters. The van der Waals surface area contributed by atoms with Crippen molar-refractivity contribution in [2.24, 2.45) is 0 Å². The van der Waals surface area contributed by atoms with Crippen molar-refractivity contribution in [3.05, 3.63) is 0 Å². The Morgan fingerprint density at radius 3 is 2.60 bits per heavy atom. The molecule has 0 bridgehead atoms. The van der Waals surface area contributed by atoms with Gasteiger partial charge in [0.15, 0.2) is 0 Å². The number of esters is 1. The fourth-order valence-electron chi connectivity index (χ4n) is 0.351. The average molecular weight is 167 g/mol. The lowest BCUT2D eigenvalue weighted by atomic mass is 10.4. The molecule has 0 saturated carbocycles. The van der Waals surface area contributed by atoms with Crippen LogP contribution in [-0.4, -0.2) is 28.0 Å². The van der Waals surface area contributed by atoms with Gasteiger partial charge >= 0.3 is 5.97 Å². The Hall–Kier alpha value is -0.620. The van der Waals surface area contributed by atoms with E-state index in [0.29, 0.717) is 0 Å². The van der Waals surface area contributed by atoms with E-state index < -0.39 is 16.9 Å². The smallest absolute Gasteiger partial charge is 0.306 e. The predicted molar refractivity (Wildman–Crippen MR) is 35.0 cm³/mol. The average Bonchev–Trinajstić information content (AvgIpc) is 1.87. The lowest BCUT2D eigenvalue weighted by Crippen LogP contribution is -2.16. The van der Waals surface area contributed by atoms with Crippen molar-refractivity contribution in [1.82, 2.24) is 4.72 Å². The van der Waals surface area contributed by atoms with Crippen LogP contribution in [0.15, 0.2) is 0 Å². The molecule has 0 aliphatic heterocycles. The monoisotopic (exact) mass is 167 g/mol. The molecule has 0 aliphatic carbocycles. The van der Waals surface area contributed by atoms with Gasteiger partial charge in [0.05, 0.1) is 13.5 Å². The molecule has 10 heavy (non-hydrogen) atoms. The largest absolute Gasteiger partial charge is 0.469 e. The summed E-state index contributed by atoms with van der Waals surface area (Å²) in [5.41, 5.74) is 0. The molecule has 5 nitrogen and oxygen atoms in total. The summed E-state index contributed by atoms with van der Waals surface area (Å²) in [6, 6.07) is 0. The molecule has 0 amide bonds. The number of thiol groups is 1. The fourth-order valence-corrected chi connectivity index (χ4v) is 0.646. The van der Waals surface area contributed by atoms with Gasteiger partial charge in [-0.15, -0.1) is 0 Å². The van der Waals surface area contributed by atoms with Gasteiger partial charge in [0.25, 0.3) is 0 Å². The summed E-state index contributed by atoms with van der Waals surface area (Å²) >= 11 is 0. The van der Waals surface area contributed by atoms with Crippen LogP contribution in [0.3, 0.4) is 0 Å². The summed E-state index contributed by atoms with van der Waals surface area (Å²) in [5.74, 6) is -0.427. The minimum atomic E-state index is -2.59. The zero-order chi connectivity index (χ0) is 7.98. The van der Waals surface area contributed by atoms with E-state index in [0.717, 1.165) is 0 Å². The summed E-state index contributed by atoms with van der Waals surface area (Å²) in [6.45, 7) is 0.103. The highest BCUT2D eigenvalue weighted by atomic mass is 32.2. The number of hydrogen-bond acceptors (Lipinski definition) is 4. The predicted octanol–water partition coefficient (Wildman–Crippen LogP) is -1.33. The van der Waals surface area contributed by atoms with E-state index in [1.807, 2.05) is 0 Å². The van der Waals surface area contributed by atoms with Crippen LogP contribution in [0.25, 0.3) is 0 Å². The molecule has 0 aromatic heterocycles. The molecule has 60 valence electrons. The molecular formula is C4H9NO4S. The van der Waals surface area contributed by atoms with E-state index in [-0.39, 0.29) is 13.0 Å². The third-order valence-electron chi connectivity index (χ3n) is 0.798.